The highest BCUT2D eigenvalue weighted by Gasteiger charge is 2.39. The van der Waals surface area contributed by atoms with Crippen LogP contribution in [-0.2, 0) is 6.18 Å². The number of fused-ring (bicyclic) bond motifs is 1. The second-order valence-corrected chi connectivity index (χ2v) is 2.94. The zero-order valence-electron chi connectivity index (χ0n) is 7.45. The number of benzene rings is 1. The Morgan fingerprint density at radius 2 is 1.81 bits per heavy atom. The van der Waals surface area contributed by atoms with Crippen LogP contribution in [0.2, 0.25) is 0 Å². The third kappa shape index (κ3) is 1.55. The molecule has 9 heteroatoms. The molecule has 16 heavy (non-hydrogen) atoms. The lowest BCUT2D eigenvalue weighted by atomic mass is 10.1. The molecule has 1 aromatic carbocycles. The van der Waals surface area contributed by atoms with Crippen LogP contribution in [0.1, 0.15) is 5.56 Å². The van der Waals surface area contributed by atoms with Crippen molar-refractivity contribution in [2.45, 2.75) is 6.18 Å². The van der Waals surface area contributed by atoms with Crippen LogP contribution in [0.15, 0.2) is 12.1 Å². The van der Waals surface area contributed by atoms with Crippen molar-refractivity contribution in [2.75, 3.05) is 0 Å². The summed E-state index contributed by atoms with van der Waals surface area (Å²) in [4.78, 5) is 9.38. The minimum absolute atomic E-state index is 0.0136. The summed E-state index contributed by atoms with van der Waals surface area (Å²) in [7, 11) is 0. The maximum absolute atomic E-state index is 12.5. The van der Waals surface area contributed by atoms with E-state index in [0.717, 1.165) is 6.07 Å². The van der Waals surface area contributed by atoms with Gasteiger partial charge in [-0.15, -0.1) is 0 Å². The fourth-order valence-electron chi connectivity index (χ4n) is 1.26. The molecule has 0 aliphatic carbocycles. The molecule has 2 aromatic rings. The largest absolute Gasteiger partial charge is 0.423 e. The van der Waals surface area contributed by atoms with Crippen LogP contribution < -0.4 is 0 Å². The topological polar surface area (TPSA) is 84.7 Å². The van der Waals surface area contributed by atoms with Crippen LogP contribution >= 0.6 is 0 Å². The number of H-pyrrole nitrogens is 1. The molecule has 0 aliphatic rings. The van der Waals surface area contributed by atoms with Gasteiger partial charge in [-0.3, -0.25) is 10.1 Å². The molecule has 0 amide bonds. The Hall–Kier alpha value is -2.19. The molecular weight excluding hydrogens is 229 g/mol. The molecule has 1 heterocycles. The lowest BCUT2D eigenvalue weighted by Gasteiger charge is -2.06. The van der Waals surface area contributed by atoms with Crippen molar-refractivity contribution < 1.29 is 18.1 Å². The Kier molecular flexibility index (Phi) is 2.04. The molecule has 1 aromatic heterocycles. The summed E-state index contributed by atoms with van der Waals surface area (Å²) in [5, 5.41) is 19.5. The van der Waals surface area contributed by atoms with E-state index in [4.69, 9.17) is 0 Å². The molecule has 0 aliphatic heterocycles. The quantitative estimate of drug-likeness (QED) is 0.600. The van der Waals surface area contributed by atoms with Gasteiger partial charge < -0.3 is 0 Å². The highest BCUT2D eigenvalue weighted by Crippen LogP contribution is 2.37. The maximum atomic E-state index is 12.5. The molecule has 0 radical (unpaired) electrons. The van der Waals surface area contributed by atoms with Gasteiger partial charge >= 0.3 is 6.18 Å². The van der Waals surface area contributed by atoms with Crippen LogP contribution in [0.25, 0.3) is 11.0 Å². The second-order valence-electron chi connectivity index (χ2n) is 2.94. The van der Waals surface area contributed by atoms with Gasteiger partial charge in [0.15, 0.2) is 0 Å². The molecule has 0 saturated carbocycles. The van der Waals surface area contributed by atoms with E-state index in [1.165, 1.54) is 0 Å². The molecule has 0 spiro atoms. The number of alkyl halides is 3. The van der Waals surface area contributed by atoms with Gasteiger partial charge in [0.1, 0.15) is 16.6 Å². The van der Waals surface area contributed by atoms with Crippen LogP contribution in [0.5, 0.6) is 0 Å². The Balaban J connectivity index is 2.77. The standard InChI is InChI=1S/C7H3F3N4O2/c8-7(9,10)3-1-4-5(12-13-11-4)2-6(3)14(15)16/h1-2H,(H,11,12,13). The lowest BCUT2D eigenvalue weighted by Crippen LogP contribution is -2.08. The number of rotatable bonds is 1. The van der Waals surface area contributed by atoms with Gasteiger partial charge in [-0.05, 0) is 6.07 Å². The summed E-state index contributed by atoms with van der Waals surface area (Å²) in [6.45, 7) is 0. The zero-order chi connectivity index (χ0) is 11.9. The normalized spacial score (nSPS) is 11.9. The van der Waals surface area contributed by atoms with Crippen molar-refractivity contribution in [2.24, 2.45) is 0 Å². The third-order valence-electron chi connectivity index (χ3n) is 1.94. The number of nitro benzene ring substituents is 1. The number of nitro groups is 1. The number of hydrogen-bond acceptors (Lipinski definition) is 4. The van der Waals surface area contributed by atoms with Crippen LogP contribution in [0.4, 0.5) is 18.9 Å². The number of hydrogen-bond donors (Lipinski definition) is 1. The van der Waals surface area contributed by atoms with E-state index in [1.807, 2.05) is 0 Å². The van der Waals surface area contributed by atoms with Crippen molar-refractivity contribution in [1.29, 1.82) is 0 Å². The molecule has 0 bridgehead atoms. The van der Waals surface area contributed by atoms with Gasteiger partial charge in [0.05, 0.1) is 4.92 Å². The molecule has 0 atom stereocenters. The van der Waals surface area contributed by atoms with Crippen molar-refractivity contribution in [3.05, 3.63) is 27.8 Å². The monoisotopic (exact) mass is 232 g/mol. The fraction of sp³-hybridized carbons (Fsp3) is 0.143. The molecule has 0 saturated heterocycles. The SMILES string of the molecule is O=[N+]([O-])c1cc2n[nH]nc2cc1C(F)(F)F. The van der Waals surface area contributed by atoms with Gasteiger partial charge in [0, 0.05) is 6.07 Å². The van der Waals surface area contributed by atoms with Gasteiger partial charge in [-0.1, -0.05) is 0 Å². The molecule has 0 fully saturated rings. The lowest BCUT2D eigenvalue weighted by molar-refractivity contribution is -0.387. The van der Waals surface area contributed by atoms with E-state index in [2.05, 4.69) is 15.4 Å². The van der Waals surface area contributed by atoms with Crippen molar-refractivity contribution in [1.82, 2.24) is 15.4 Å². The van der Waals surface area contributed by atoms with Gasteiger partial charge in [-0.2, -0.15) is 28.6 Å². The Morgan fingerprint density at radius 3 is 2.31 bits per heavy atom. The van der Waals surface area contributed by atoms with Gasteiger partial charge in [0.2, 0.25) is 0 Å². The zero-order valence-corrected chi connectivity index (χ0v) is 7.45. The average Bonchev–Trinajstić information content (AvgIpc) is 2.60. The van der Waals surface area contributed by atoms with Gasteiger partial charge in [0.25, 0.3) is 5.69 Å². The molecule has 84 valence electrons. The number of aromatic amines is 1. The Bertz CT molecular complexity index is 562. The molecular formula is C7H3F3N4O2. The predicted octanol–water partition coefficient (Wildman–Crippen LogP) is 1.88. The van der Waals surface area contributed by atoms with Crippen molar-refractivity contribution in [3.63, 3.8) is 0 Å². The maximum Gasteiger partial charge on any atom is 0.423 e. The number of aromatic nitrogens is 3. The van der Waals surface area contributed by atoms with E-state index in [1.54, 1.807) is 0 Å². The first-order valence-electron chi connectivity index (χ1n) is 3.95. The second kappa shape index (κ2) is 3.15. The van der Waals surface area contributed by atoms with Gasteiger partial charge in [-0.25, -0.2) is 0 Å². The molecule has 1 N–H and O–H groups in total. The van der Waals surface area contributed by atoms with E-state index >= 15 is 0 Å². The number of halogens is 3. The minimum Gasteiger partial charge on any atom is -0.258 e. The van der Waals surface area contributed by atoms with Crippen LogP contribution in [-0.4, -0.2) is 20.3 Å². The summed E-state index contributed by atoms with van der Waals surface area (Å²) in [6, 6.07) is 1.33. The number of nitrogens with one attached hydrogen (secondary N) is 1. The Morgan fingerprint density at radius 1 is 1.25 bits per heavy atom. The molecule has 6 nitrogen and oxygen atoms in total. The van der Waals surface area contributed by atoms with E-state index < -0.39 is 22.4 Å². The van der Waals surface area contributed by atoms with Crippen molar-refractivity contribution >= 4 is 16.7 Å². The fourth-order valence-corrected chi connectivity index (χ4v) is 1.26. The average molecular weight is 232 g/mol. The van der Waals surface area contributed by atoms with E-state index in [0.29, 0.717) is 6.07 Å². The predicted molar refractivity (Wildman–Crippen MR) is 45.5 cm³/mol. The van der Waals surface area contributed by atoms with Crippen LogP contribution in [0.3, 0.4) is 0 Å². The summed E-state index contributed by atoms with van der Waals surface area (Å²) < 4.78 is 37.4. The highest BCUT2D eigenvalue weighted by molar-refractivity contribution is 5.78. The van der Waals surface area contributed by atoms with Crippen LogP contribution in [0, 0.1) is 10.1 Å². The summed E-state index contributed by atoms with van der Waals surface area (Å²) in [6.07, 6.45) is -4.80. The highest BCUT2D eigenvalue weighted by atomic mass is 19.4. The van der Waals surface area contributed by atoms with E-state index in [9.17, 15) is 23.3 Å². The third-order valence-corrected chi connectivity index (χ3v) is 1.94. The first kappa shape index (κ1) is 10.3. The van der Waals surface area contributed by atoms with Crippen molar-refractivity contribution in [3.8, 4) is 0 Å². The molecule has 2 rings (SSSR count). The summed E-state index contributed by atoms with van der Waals surface area (Å²) in [5.74, 6) is 0. The Labute approximate surface area is 85.2 Å². The minimum atomic E-state index is -4.80. The first-order valence-corrected chi connectivity index (χ1v) is 3.95. The smallest absolute Gasteiger partial charge is 0.258 e. The molecule has 0 unspecified atom stereocenters. The number of nitrogens with zero attached hydrogens (tertiary/aromatic N) is 3. The van der Waals surface area contributed by atoms with E-state index in [-0.39, 0.29) is 11.0 Å². The first-order chi connectivity index (χ1) is 7.39. The summed E-state index contributed by atoms with van der Waals surface area (Å²) in [5.41, 5.74) is -2.43. The summed E-state index contributed by atoms with van der Waals surface area (Å²) >= 11 is 0.